The SMILES string of the molecule is FC1CC2CC3CC(C2)CC1C3. The number of hydrogen-bond donors (Lipinski definition) is 0. The van der Waals surface area contributed by atoms with Crippen LogP contribution in [0.15, 0.2) is 0 Å². The van der Waals surface area contributed by atoms with E-state index in [2.05, 4.69) is 0 Å². The minimum absolute atomic E-state index is 0.440. The van der Waals surface area contributed by atoms with Crippen LogP contribution in [0.25, 0.3) is 0 Å². The van der Waals surface area contributed by atoms with Gasteiger partial charge in [-0.25, -0.2) is 4.39 Å². The highest BCUT2D eigenvalue weighted by Crippen LogP contribution is 2.51. The fraction of sp³-hybridized carbons (Fsp3) is 1.00. The molecule has 4 fully saturated rings. The van der Waals surface area contributed by atoms with Gasteiger partial charge in [-0.05, 0) is 62.2 Å². The second-order valence-corrected chi connectivity index (χ2v) is 5.29. The Morgan fingerprint density at radius 3 is 1.75 bits per heavy atom. The maximum absolute atomic E-state index is 13.6. The summed E-state index contributed by atoms with van der Waals surface area (Å²) in [7, 11) is 0. The van der Waals surface area contributed by atoms with Gasteiger partial charge >= 0.3 is 0 Å². The molecular weight excluding hydrogens is 151 g/mol. The van der Waals surface area contributed by atoms with Crippen molar-refractivity contribution in [3.05, 3.63) is 0 Å². The van der Waals surface area contributed by atoms with Crippen molar-refractivity contribution >= 4 is 0 Å². The Morgan fingerprint density at radius 2 is 1.17 bits per heavy atom. The van der Waals surface area contributed by atoms with Gasteiger partial charge in [0, 0.05) is 0 Å². The summed E-state index contributed by atoms with van der Waals surface area (Å²) < 4.78 is 13.6. The molecule has 0 saturated heterocycles. The predicted molar refractivity (Wildman–Crippen MR) is 46.6 cm³/mol. The molecule has 4 aliphatic rings. The highest BCUT2D eigenvalue weighted by molar-refractivity contribution is 4.94. The van der Waals surface area contributed by atoms with E-state index < -0.39 is 6.17 Å². The summed E-state index contributed by atoms with van der Waals surface area (Å²) in [5.74, 6) is 3.04. The normalized spacial score (nSPS) is 57.2. The minimum Gasteiger partial charge on any atom is -0.247 e. The molecule has 0 spiro atoms. The molecule has 0 radical (unpaired) electrons. The summed E-state index contributed by atoms with van der Waals surface area (Å²) in [4.78, 5) is 0. The number of hydrogen-bond acceptors (Lipinski definition) is 0. The van der Waals surface area contributed by atoms with Gasteiger partial charge in [-0.3, -0.25) is 0 Å². The lowest BCUT2D eigenvalue weighted by atomic mass is 9.68. The number of fused-ring (bicyclic) bond motifs is 1. The van der Waals surface area contributed by atoms with Crippen LogP contribution in [0.5, 0.6) is 0 Å². The number of halogens is 1. The van der Waals surface area contributed by atoms with E-state index in [0.29, 0.717) is 5.92 Å². The number of alkyl halides is 1. The van der Waals surface area contributed by atoms with Crippen LogP contribution in [0.3, 0.4) is 0 Å². The van der Waals surface area contributed by atoms with Gasteiger partial charge < -0.3 is 0 Å². The van der Waals surface area contributed by atoms with Crippen LogP contribution >= 0.6 is 0 Å². The molecule has 68 valence electrons. The van der Waals surface area contributed by atoms with Gasteiger partial charge in [0.25, 0.3) is 0 Å². The van der Waals surface area contributed by atoms with Crippen molar-refractivity contribution in [3.8, 4) is 0 Å². The lowest BCUT2D eigenvalue weighted by molar-refractivity contribution is 0.115. The first kappa shape index (κ1) is 7.34. The molecule has 4 rings (SSSR count). The van der Waals surface area contributed by atoms with Gasteiger partial charge in [0.2, 0.25) is 0 Å². The Hall–Kier alpha value is -0.0700. The summed E-state index contributed by atoms with van der Waals surface area (Å²) in [6, 6.07) is 0. The van der Waals surface area contributed by atoms with Gasteiger partial charge in [-0.15, -0.1) is 0 Å². The number of rotatable bonds is 0. The summed E-state index contributed by atoms with van der Waals surface area (Å²) in [6.45, 7) is 0. The van der Waals surface area contributed by atoms with Crippen LogP contribution in [0.1, 0.15) is 38.5 Å². The second kappa shape index (κ2) is 2.46. The first-order valence-corrected chi connectivity index (χ1v) is 5.45. The topological polar surface area (TPSA) is 0 Å². The maximum atomic E-state index is 13.6. The zero-order valence-electron chi connectivity index (χ0n) is 7.51. The van der Waals surface area contributed by atoms with E-state index in [9.17, 15) is 4.39 Å². The first-order valence-electron chi connectivity index (χ1n) is 5.45. The van der Waals surface area contributed by atoms with Gasteiger partial charge in [0.15, 0.2) is 0 Å². The molecule has 4 bridgehead atoms. The van der Waals surface area contributed by atoms with E-state index in [0.717, 1.165) is 24.2 Å². The molecule has 1 heteroatoms. The molecule has 0 N–H and O–H groups in total. The maximum Gasteiger partial charge on any atom is 0.103 e. The van der Waals surface area contributed by atoms with Crippen LogP contribution in [0.4, 0.5) is 4.39 Å². The molecule has 0 aliphatic heterocycles. The average Bonchev–Trinajstić information content (AvgIpc) is 2.16. The van der Waals surface area contributed by atoms with Crippen molar-refractivity contribution in [1.29, 1.82) is 0 Å². The summed E-state index contributed by atoms with van der Waals surface area (Å²) in [5.41, 5.74) is 0. The molecule has 0 aromatic rings. The van der Waals surface area contributed by atoms with Crippen molar-refractivity contribution in [2.75, 3.05) is 0 Å². The molecule has 4 saturated carbocycles. The molecule has 0 amide bonds. The lowest BCUT2D eigenvalue weighted by Crippen LogP contribution is -2.28. The molecule has 0 heterocycles. The van der Waals surface area contributed by atoms with Crippen LogP contribution in [-0.4, -0.2) is 6.17 Å². The monoisotopic (exact) mass is 168 g/mol. The van der Waals surface area contributed by atoms with Gasteiger partial charge in [0.05, 0.1) is 0 Å². The highest BCUT2D eigenvalue weighted by Gasteiger charge is 2.43. The third-order valence-corrected chi connectivity index (χ3v) is 4.34. The Kier molecular flexibility index (Phi) is 1.51. The minimum atomic E-state index is -0.440. The Morgan fingerprint density at radius 1 is 0.667 bits per heavy atom. The van der Waals surface area contributed by atoms with Crippen molar-refractivity contribution in [3.63, 3.8) is 0 Å². The second-order valence-electron chi connectivity index (χ2n) is 5.29. The standard InChI is InChI=1S/C11H17F/c12-11-6-9-2-7-1-8(3-9)5-10(11)4-7/h7-11H,1-6H2. The summed E-state index contributed by atoms with van der Waals surface area (Å²) in [5, 5.41) is 0. The fourth-order valence-corrected chi connectivity index (χ4v) is 4.04. The van der Waals surface area contributed by atoms with E-state index in [1.165, 1.54) is 32.1 Å². The lowest BCUT2D eigenvalue weighted by Gasteiger charge is -2.38. The van der Waals surface area contributed by atoms with Crippen molar-refractivity contribution in [2.45, 2.75) is 44.7 Å². The zero-order valence-corrected chi connectivity index (χ0v) is 7.51. The Bertz CT molecular complexity index is 175. The highest BCUT2D eigenvalue weighted by atomic mass is 19.1. The van der Waals surface area contributed by atoms with E-state index in [1.807, 2.05) is 0 Å². The third kappa shape index (κ3) is 1.02. The van der Waals surface area contributed by atoms with Crippen LogP contribution in [0, 0.1) is 23.7 Å². The van der Waals surface area contributed by atoms with Crippen molar-refractivity contribution in [2.24, 2.45) is 23.7 Å². The van der Waals surface area contributed by atoms with Crippen LogP contribution in [0.2, 0.25) is 0 Å². The smallest absolute Gasteiger partial charge is 0.103 e. The molecule has 0 aromatic heterocycles. The van der Waals surface area contributed by atoms with E-state index in [4.69, 9.17) is 0 Å². The summed E-state index contributed by atoms with van der Waals surface area (Å²) in [6.07, 6.45) is 7.03. The Balaban J connectivity index is 1.91. The van der Waals surface area contributed by atoms with Gasteiger partial charge in [-0.1, -0.05) is 0 Å². The zero-order chi connectivity index (χ0) is 8.13. The van der Waals surface area contributed by atoms with E-state index in [-0.39, 0.29) is 0 Å². The van der Waals surface area contributed by atoms with Crippen molar-refractivity contribution in [1.82, 2.24) is 0 Å². The van der Waals surface area contributed by atoms with Gasteiger partial charge in [0.1, 0.15) is 6.17 Å². The van der Waals surface area contributed by atoms with Crippen LogP contribution < -0.4 is 0 Å². The van der Waals surface area contributed by atoms with Crippen LogP contribution in [-0.2, 0) is 0 Å². The fourth-order valence-electron chi connectivity index (χ4n) is 4.04. The quantitative estimate of drug-likeness (QED) is 0.521. The van der Waals surface area contributed by atoms with E-state index >= 15 is 0 Å². The summed E-state index contributed by atoms with van der Waals surface area (Å²) >= 11 is 0. The first-order chi connectivity index (χ1) is 5.81. The predicted octanol–water partition coefficient (Wildman–Crippen LogP) is 3.17. The Labute approximate surface area is 73.5 Å². The third-order valence-electron chi connectivity index (χ3n) is 4.34. The molecular formula is C11H17F. The molecule has 12 heavy (non-hydrogen) atoms. The molecule has 0 nitrogen and oxygen atoms in total. The molecule has 3 atom stereocenters. The largest absolute Gasteiger partial charge is 0.247 e. The molecule has 0 aromatic carbocycles. The van der Waals surface area contributed by atoms with E-state index in [1.54, 1.807) is 0 Å². The molecule has 4 aliphatic carbocycles. The van der Waals surface area contributed by atoms with Crippen molar-refractivity contribution < 1.29 is 4.39 Å². The molecule has 3 unspecified atom stereocenters. The average molecular weight is 168 g/mol. The van der Waals surface area contributed by atoms with Gasteiger partial charge in [-0.2, -0.15) is 0 Å².